The molecule has 2 aromatic rings. The highest BCUT2D eigenvalue weighted by molar-refractivity contribution is 7.89. The molecule has 20 heavy (non-hydrogen) atoms. The third-order valence-electron chi connectivity index (χ3n) is 3.91. The molecule has 1 unspecified atom stereocenters. The van der Waals surface area contributed by atoms with Gasteiger partial charge in [-0.25, -0.2) is 13.1 Å². The first kappa shape index (κ1) is 13.6. The zero-order valence-corrected chi connectivity index (χ0v) is 12.5. The molecule has 108 valence electrons. The number of sulfonamides is 1. The second kappa shape index (κ2) is 5.22. The number of H-pyrrole nitrogens is 1. The van der Waals surface area contributed by atoms with E-state index in [2.05, 4.69) is 21.8 Å². The lowest BCUT2D eigenvalue weighted by atomic mass is 9.92. The molecule has 0 radical (unpaired) electrons. The molecule has 0 aliphatic heterocycles. The van der Waals surface area contributed by atoms with Crippen molar-refractivity contribution in [3.8, 4) is 0 Å². The average molecular weight is 292 g/mol. The van der Waals surface area contributed by atoms with E-state index in [0.29, 0.717) is 6.42 Å². The van der Waals surface area contributed by atoms with E-state index in [9.17, 15) is 8.42 Å². The van der Waals surface area contributed by atoms with Gasteiger partial charge in [0.05, 0.1) is 5.75 Å². The summed E-state index contributed by atoms with van der Waals surface area (Å²) in [5.41, 5.74) is 3.68. The predicted molar refractivity (Wildman–Crippen MR) is 81.3 cm³/mol. The number of para-hydroxylation sites is 1. The summed E-state index contributed by atoms with van der Waals surface area (Å²) in [6.45, 7) is 1.89. The summed E-state index contributed by atoms with van der Waals surface area (Å²) in [5.74, 6) is 0.213. The van der Waals surface area contributed by atoms with Crippen molar-refractivity contribution < 1.29 is 8.42 Å². The van der Waals surface area contributed by atoms with Crippen LogP contribution in [0.2, 0.25) is 0 Å². The monoisotopic (exact) mass is 292 g/mol. The van der Waals surface area contributed by atoms with Crippen LogP contribution >= 0.6 is 0 Å². The van der Waals surface area contributed by atoms with Gasteiger partial charge < -0.3 is 4.98 Å². The molecule has 1 atom stereocenters. The zero-order valence-electron chi connectivity index (χ0n) is 11.6. The molecule has 0 bridgehead atoms. The second-order valence-electron chi connectivity index (χ2n) is 5.50. The molecule has 0 saturated carbocycles. The van der Waals surface area contributed by atoms with Gasteiger partial charge in [-0.05, 0) is 37.3 Å². The summed E-state index contributed by atoms with van der Waals surface area (Å²) in [7, 11) is -3.13. The molecule has 2 N–H and O–H groups in total. The number of benzene rings is 1. The Labute approximate surface area is 119 Å². The smallest absolute Gasteiger partial charge is 0.211 e. The number of aromatic nitrogens is 1. The van der Waals surface area contributed by atoms with E-state index < -0.39 is 10.0 Å². The molecule has 1 aliphatic carbocycles. The lowest BCUT2D eigenvalue weighted by Crippen LogP contribution is -2.39. The van der Waals surface area contributed by atoms with E-state index in [1.807, 2.05) is 19.1 Å². The van der Waals surface area contributed by atoms with Crippen molar-refractivity contribution in [2.75, 3.05) is 5.75 Å². The first-order chi connectivity index (χ1) is 9.59. The third-order valence-corrected chi connectivity index (χ3v) is 5.55. The predicted octanol–water partition coefficient (Wildman–Crippen LogP) is 2.35. The van der Waals surface area contributed by atoms with E-state index in [0.717, 1.165) is 24.8 Å². The van der Waals surface area contributed by atoms with Gasteiger partial charge in [-0.3, -0.25) is 0 Å². The molecule has 4 nitrogen and oxygen atoms in total. The van der Waals surface area contributed by atoms with Crippen LogP contribution in [0.25, 0.3) is 10.9 Å². The fourth-order valence-corrected chi connectivity index (χ4v) is 4.42. The summed E-state index contributed by atoms with van der Waals surface area (Å²) < 4.78 is 26.6. The number of aromatic amines is 1. The van der Waals surface area contributed by atoms with Crippen LogP contribution in [0.3, 0.4) is 0 Å². The summed E-state index contributed by atoms with van der Waals surface area (Å²) in [4.78, 5) is 3.45. The fraction of sp³-hybridized carbons (Fsp3) is 0.467. The Bertz CT molecular complexity index is 719. The van der Waals surface area contributed by atoms with Crippen LogP contribution in [-0.2, 0) is 22.9 Å². The van der Waals surface area contributed by atoms with Crippen LogP contribution in [0.5, 0.6) is 0 Å². The fourth-order valence-electron chi connectivity index (χ4n) is 3.05. The minimum absolute atomic E-state index is 0.0262. The highest BCUT2D eigenvalue weighted by Gasteiger charge is 2.25. The number of aryl methyl sites for hydroxylation is 1. The largest absolute Gasteiger partial charge is 0.358 e. The topological polar surface area (TPSA) is 62.0 Å². The maximum Gasteiger partial charge on any atom is 0.211 e. The third kappa shape index (κ3) is 2.60. The van der Waals surface area contributed by atoms with Crippen LogP contribution in [0.4, 0.5) is 0 Å². The quantitative estimate of drug-likeness (QED) is 0.908. The number of rotatable bonds is 4. The normalized spacial score (nSPS) is 19.1. The molecule has 1 heterocycles. The van der Waals surface area contributed by atoms with Gasteiger partial charge in [-0.15, -0.1) is 0 Å². The first-order valence-electron chi connectivity index (χ1n) is 7.17. The molecular formula is C15H20N2O2S. The molecule has 1 aliphatic rings. The Morgan fingerprint density at radius 3 is 2.95 bits per heavy atom. The maximum atomic E-state index is 11.9. The Morgan fingerprint density at radius 2 is 2.15 bits per heavy atom. The first-order valence-corrected chi connectivity index (χ1v) is 8.83. The zero-order chi connectivity index (χ0) is 14.2. The molecule has 0 amide bonds. The lowest BCUT2D eigenvalue weighted by Gasteiger charge is -2.23. The van der Waals surface area contributed by atoms with Crippen molar-refractivity contribution in [3.63, 3.8) is 0 Å². The van der Waals surface area contributed by atoms with Gasteiger partial charge in [0.1, 0.15) is 0 Å². The molecule has 0 fully saturated rings. The SMILES string of the molecule is CCCS(=O)(=O)NC1CCc2[nH]c3ccccc3c2C1. The summed E-state index contributed by atoms with van der Waals surface area (Å²) in [6.07, 6.45) is 3.20. The van der Waals surface area contributed by atoms with Gasteiger partial charge in [0, 0.05) is 22.6 Å². The molecule has 3 rings (SSSR count). The van der Waals surface area contributed by atoms with E-state index in [1.54, 1.807) is 0 Å². The molecule has 0 saturated heterocycles. The van der Waals surface area contributed by atoms with Gasteiger partial charge in [-0.2, -0.15) is 0 Å². The van der Waals surface area contributed by atoms with Gasteiger partial charge in [0.2, 0.25) is 10.0 Å². The minimum atomic E-state index is -3.13. The van der Waals surface area contributed by atoms with Crippen molar-refractivity contribution in [1.82, 2.24) is 9.71 Å². The van der Waals surface area contributed by atoms with Crippen LogP contribution < -0.4 is 4.72 Å². The van der Waals surface area contributed by atoms with Crippen LogP contribution in [0.15, 0.2) is 24.3 Å². The van der Waals surface area contributed by atoms with Crippen molar-refractivity contribution in [3.05, 3.63) is 35.5 Å². The van der Waals surface area contributed by atoms with Gasteiger partial charge in [-0.1, -0.05) is 25.1 Å². The van der Waals surface area contributed by atoms with E-state index in [1.165, 1.54) is 16.6 Å². The second-order valence-corrected chi connectivity index (χ2v) is 7.38. The van der Waals surface area contributed by atoms with E-state index in [4.69, 9.17) is 0 Å². The number of hydrogen-bond donors (Lipinski definition) is 2. The molecule has 1 aromatic carbocycles. The lowest BCUT2D eigenvalue weighted by molar-refractivity contribution is 0.506. The Hall–Kier alpha value is -1.33. The van der Waals surface area contributed by atoms with Gasteiger partial charge >= 0.3 is 0 Å². The van der Waals surface area contributed by atoms with Crippen LogP contribution in [-0.4, -0.2) is 25.2 Å². The highest BCUT2D eigenvalue weighted by atomic mass is 32.2. The highest BCUT2D eigenvalue weighted by Crippen LogP contribution is 2.29. The Balaban J connectivity index is 1.85. The number of hydrogen-bond acceptors (Lipinski definition) is 2. The average Bonchev–Trinajstić information content (AvgIpc) is 2.76. The summed E-state index contributed by atoms with van der Waals surface area (Å²) in [6, 6.07) is 8.25. The summed E-state index contributed by atoms with van der Waals surface area (Å²) in [5, 5.41) is 1.22. The number of fused-ring (bicyclic) bond motifs is 3. The maximum absolute atomic E-state index is 11.9. The van der Waals surface area contributed by atoms with Crippen molar-refractivity contribution in [2.45, 2.75) is 38.6 Å². The molecule has 0 spiro atoms. The summed E-state index contributed by atoms with van der Waals surface area (Å²) >= 11 is 0. The van der Waals surface area contributed by atoms with Crippen molar-refractivity contribution in [1.29, 1.82) is 0 Å². The Morgan fingerprint density at radius 1 is 1.35 bits per heavy atom. The molecule has 1 aromatic heterocycles. The molecule has 5 heteroatoms. The van der Waals surface area contributed by atoms with Crippen molar-refractivity contribution >= 4 is 20.9 Å². The van der Waals surface area contributed by atoms with Crippen LogP contribution in [0.1, 0.15) is 31.0 Å². The van der Waals surface area contributed by atoms with Gasteiger partial charge in [0.25, 0.3) is 0 Å². The van der Waals surface area contributed by atoms with E-state index in [-0.39, 0.29) is 11.8 Å². The minimum Gasteiger partial charge on any atom is -0.358 e. The van der Waals surface area contributed by atoms with E-state index >= 15 is 0 Å². The van der Waals surface area contributed by atoms with Crippen LogP contribution in [0, 0.1) is 0 Å². The number of nitrogens with one attached hydrogen (secondary N) is 2. The van der Waals surface area contributed by atoms with Gasteiger partial charge in [0.15, 0.2) is 0 Å². The van der Waals surface area contributed by atoms with Crippen molar-refractivity contribution in [2.24, 2.45) is 0 Å². The Kier molecular flexibility index (Phi) is 3.56. The molecular weight excluding hydrogens is 272 g/mol. The standard InChI is InChI=1S/C15H20N2O2S/c1-2-9-20(18,19)17-11-7-8-15-13(10-11)12-5-3-4-6-14(12)16-15/h3-6,11,16-17H,2,7-10H2,1H3.